The first-order chi connectivity index (χ1) is 12.6. The zero-order valence-corrected chi connectivity index (χ0v) is 14.7. The molecule has 0 N–H and O–H groups in total. The number of hydrogen-bond acceptors (Lipinski definition) is 3. The molecule has 5 heteroatoms. The van der Waals surface area contributed by atoms with Crippen LogP contribution < -0.4 is 0 Å². The molecule has 0 bridgehead atoms. The maximum Gasteiger partial charge on any atom is 0.272 e. The summed E-state index contributed by atoms with van der Waals surface area (Å²) < 4.78 is 20.0. The summed E-state index contributed by atoms with van der Waals surface area (Å²) in [4.78, 5) is 12.9. The van der Waals surface area contributed by atoms with E-state index in [0.717, 1.165) is 23.3 Å². The molecule has 1 amide bonds. The van der Waals surface area contributed by atoms with Gasteiger partial charge in [-0.25, -0.2) is 9.40 Å². The monoisotopic (exact) mass is 352 g/mol. The number of amides is 1. The van der Waals surface area contributed by atoms with Crippen LogP contribution in [0.1, 0.15) is 42.0 Å². The molecule has 1 saturated heterocycles. The summed E-state index contributed by atoms with van der Waals surface area (Å²) in [7, 11) is 0. The normalized spacial score (nSPS) is 22.5. The lowest BCUT2D eigenvalue weighted by atomic mass is 9.97. The van der Waals surface area contributed by atoms with Gasteiger partial charge in [-0.2, -0.15) is 5.10 Å². The molecule has 2 atom stereocenters. The summed E-state index contributed by atoms with van der Waals surface area (Å²) in [6, 6.07) is 14.2. The van der Waals surface area contributed by atoms with Gasteiger partial charge in [0.05, 0.1) is 11.8 Å². The Kier molecular flexibility index (Phi) is 4.55. The van der Waals surface area contributed by atoms with E-state index >= 15 is 0 Å². The number of halogens is 1. The van der Waals surface area contributed by atoms with E-state index in [1.807, 2.05) is 31.2 Å². The van der Waals surface area contributed by atoms with Gasteiger partial charge in [-0.15, -0.1) is 0 Å². The number of hydrazone groups is 1. The Hall–Kier alpha value is -2.53. The number of hydrogen-bond donors (Lipinski definition) is 0. The number of benzene rings is 2. The quantitative estimate of drug-likeness (QED) is 0.838. The summed E-state index contributed by atoms with van der Waals surface area (Å²) in [5.74, 6) is -0.499. The molecule has 0 unspecified atom stereocenters. The molecule has 2 aromatic rings. The first-order valence-electron chi connectivity index (χ1n) is 8.97. The van der Waals surface area contributed by atoms with Crippen LogP contribution in [0.3, 0.4) is 0 Å². The fourth-order valence-electron chi connectivity index (χ4n) is 3.54. The van der Waals surface area contributed by atoms with Crippen molar-refractivity contribution in [2.24, 2.45) is 5.10 Å². The lowest BCUT2D eigenvalue weighted by molar-refractivity contribution is -0.142. The smallest absolute Gasteiger partial charge is 0.272 e. The maximum absolute atomic E-state index is 14.4. The maximum atomic E-state index is 14.4. The molecule has 2 aliphatic heterocycles. The van der Waals surface area contributed by atoms with Crippen LogP contribution in [0.4, 0.5) is 4.39 Å². The van der Waals surface area contributed by atoms with E-state index in [4.69, 9.17) is 4.74 Å². The lowest BCUT2D eigenvalue weighted by Gasteiger charge is -2.24. The lowest BCUT2D eigenvalue weighted by Crippen LogP contribution is -2.36. The van der Waals surface area contributed by atoms with Crippen LogP contribution in [0.5, 0.6) is 0 Å². The Morgan fingerprint density at radius 2 is 1.96 bits per heavy atom. The standard InChI is InChI=1S/C21H21FN2O2/c1-14-8-10-15(11-9-14)18-13-19(16-5-2-3-6-17(16)22)24(23-18)21(25)20-7-4-12-26-20/h2-3,5-6,8-11,19-20H,4,7,12-13H2,1H3/t19-,20+/m0/s1. The molecule has 134 valence electrons. The minimum atomic E-state index is -0.481. The Labute approximate surface area is 152 Å². The van der Waals surface area contributed by atoms with E-state index in [2.05, 4.69) is 5.10 Å². The average molecular weight is 352 g/mol. The van der Waals surface area contributed by atoms with Crippen molar-refractivity contribution in [2.75, 3.05) is 6.61 Å². The molecule has 0 spiro atoms. The third-order valence-electron chi connectivity index (χ3n) is 4.99. The van der Waals surface area contributed by atoms with Crippen molar-refractivity contribution in [3.8, 4) is 0 Å². The molecule has 2 heterocycles. The second-order valence-electron chi connectivity index (χ2n) is 6.84. The van der Waals surface area contributed by atoms with Crippen molar-refractivity contribution in [1.82, 2.24) is 5.01 Å². The molecule has 2 aliphatic rings. The van der Waals surface area contributed by atoms with E-state index in [-0.39, 0.29) is 11.7 Å². The highest BCUT2D eigenvalue weighted by Crippen LogP contribution is 2.35. The van der Waals surface area contributed by atoms with E-state index in [1.54, 1.807) is 18.2 Å². The van der Waals surface area contributed by atoms with E-state index in [0.29, 0.717) is 25.0 Å². The van der Waals surface area contributed by atoms with Crippen molar-refractivity contribution in [2.45, 2.75) is 38.3 Å². The number of aryl methyl sites for hydroxylation is 1. The first-order valence-corrected chi connectivity index (χ1v) is 8.97. The van der Waals surface area contributed by atoms with Crippen LogP contribution in [0.15, 0.2) is 53.6 Å². The molecule has 2 aromatic carbocycles. The SMILES string of the molecule is Cc1ccc(C2=NN(C(=O)[C@H]3CCCO3)[C@H](c3ccccc3F)C2)cc1. The molecular formula is C21H21FN2O2. The minimum Gasteiger partial charge on any atom is -0.368 e. The predicted octanol–water partition coefficient (Wildman–Crippen LogP) is 3.99. The molecular weight excluding hydrogens is 331 g/mol. The Morgan fingerprint density at radius 1 is 1.19 bits per heavy atom. The summed E-state index contributed by atoms with van der Waals surface area (Å²) >= 11 is 0. The van der Waals surface area contributed by atoms with Crippen molar-refractivity contribution in [3.05, 3.63) is 71.0 Å². The predicted molar refractivity (Wildman–Crippen MR) is 97.3 cm³/mol. The van der Waals surface area contributed by atoms with Crippen LogP contribution >= 0.6 is 0 Å². The van der Waals surface area contributed by atoms with Crippen molar-refractivity contribution in [1.29, 1.82) is 0 Å². The molecule has 0 radical (unpaired) electrons. The average Bonchev–Trinajstić information content (AvgIpc) is 3.32. The second kappa shape index (κ2) is 7.00. The van der Waals surface area contributed by atoms with Gasteiger partial charge in [0.25, 0.3) is 5.91 Å². The fourth-order valence-corrected chi connectivity index (χ4v) is 3.54. The third-order valence-corrected chi connectivity index (χ3v) is 4.99. The highest BCUT2D eigenvalue weighted by atomic mass is 19.1. The number of nitrogens with zero attached hydrogens (tertiary/aromatic N) is 2. The van der Waals surface area contributed by atoms with E-state index in [9.17, 15) is 9.18 Å². The van der Waals surface area contributed by atoms with Gasteiger partial charge in [-0.1, -0.05) is 48.0 Å². The molecule has 0 aromatic heterocycles. The fraction of sp³-hybridized carbons (Fsp3) is 0.333. The van der Waals surface area contributed by atoms with Crippen molar-refractivity contribution in [3.63, 3.8) is 0 Å². The highest BCUT2D eigenvalue weighted by molar-refractivity contribution is 6.03. The molecule has 26 heavy (non-hydrogen) atoms. The van der Waals surface area contributed by atoms with Gasteiger partial charge in [0, 0.05) is 18.6 Å². The Balaban J connectivity index is 1.69. The number of rotatable bonds is 3. The van der Waals surface area contributed by atoms with Gasteiger partial charge in [0.2, 0.25) is 0 Å². The van der Waals surface area contributed by atoms with Gasteiger partial charge >= 0.3 is 0 Å². The molecule has 0 saturated carbocycles. The Bertz CT molecular complexity index is 841. The van der Waals surface area contributed by atoms with Crippen molar-refractivity contribution < 1.29 is 13.9 Å². The summed E-state index contributed by atoms with van der Waals surface area (Å²) in [6.45, 7) is 2.61. The minimum absolute atomic E-state index is 0.183. The van der Waals surface area contributed by atoms with Gasteiger partial charge in [0.15, 0.2) is 0 Å². The zero-order valence-electron chi connectivity index (χ0n) is 14.7. The molecule has 4 rings (SSSR count). The van der Waals surface area contributed by atoms with Crippen LogP contribution in [0.2, 0.25) is 0 Å². The van der Waals surface area contributed by atoms with Crippen LogP contribution in [-0.2, 0) is 9.53 Å². The van der Waals surface area contributed by atoms with E-state index in [1.165, 1.54) is 11.1 Å². The molecule has 4 nitrogen and oxygen atoms in total. The zero-order chi connectivity index (χ0) is 18.1. The summed E-state index contributed by atoms with van der Waals surface area (Å²) in [6.07, 6.45) is 1.56. The van der Waals surface area contributed by atoms with Gasteiger partial charge in [-0.05, 0) is 31.4 Å². The summed E-state index contributed by atoms with van der Waals surface area (Å²) in [5, 5.41) is 6.02. The molecule has 0 aliphatic carbocycles. The second-order valence-corrected chi connectivity index (χ2v) is 6.84. The molecule has 1 fully saturated rings. The van der Waals surface area contributed by atoms with Crippen LogP contribution in [-0.4, -0.2) is 29.3 Å². The third kappa shape index (κ3) is 3.15. The van der Waals surface area contributed by atoms with Gasteiger partial charge < -0.3 is 4.74 Å². The van der Waals surface area contributed by atoms with Gasteiger partial charge in [0.1, 0.15) is 11.9 Å². The number of ether oxygens (including phenoxy) is 1. The number of carbonyl (C=O) groups is 1. The topological polar surface area (TPSA) is 41.9 Å². The van der Waals surface area contributed by atoms with Crippen molar-refractivity contribution >= 4 is 11.6 Å². The van der Waals surface area contributed by atoms with Gasteiger partial charge in [-0.3, -0.25) is 4.79 Å². The Morgan fingerprint density at radius 3 is 2.65 bits per heavy atom. The highest BCUT2D eigenvalue weighted by Gasteiger charge is 2.38. The summed E-state index contributed by atoms with van der Waals surface area (Å²) in [5.41, 5.74) is 3.40. The van der Waals surface area contributed by atoms with Crippen LogP contribution in [0, 0.1) is 12.7 Å². The first kappa shape index (κ1) is 16.9. The van der Waals surface area contributed by atoms with Crippen LogP contribution in [0.25, 0.3) is 0 Å². The van der Waals surface area contributed by atoms with E-state index < -0.39 is 12.1 Å². The number of carbonyl (C=O) groups excluding carboxylic acids is 1. The largest absolute Gasteiger partial charge is 0.368 e.